The van der Waals surface area contributed by atoms with Gasteiger partial charge in [0.25, 0.3) is 0 Å². The molecule has 0 aliphatic heterocycles. The number of aromatic nitrogens is 3. The Morgan fingerprint density at radius 1 is 0.574 bits per heavy atom. The molecule has 5 heteroatoms. The van der Waals surface area contributed by atoms with Crippen molar-refractivity contribution in [3.8, 4) is 67.5 Å². The van der Waals surface area contributed by atoms with E-state index in [-0.39, 0.29) is 5.75 Å². The van der Waals surface area contributed by atoms with Gasteiger partial charge in [0.1, 0.15) is 22.7 Å². The Morgan fingerprint density at radius 2 is 1.33 bits per heavy atom. The molecule has 0 radical (unpaired) electrons. The molecule has 0 atom stereocenters. The number of para-hydroxylation sites is 4. The van der Waals surface area contributed by atoms with Gasteiger partial charge in [-0.05, 0) is 83.7 Å². The van der Waals surface area contributed by atoms with Crippen LogP contribution in [-0.4, -0.2) is 19.6 Å². The fourth-order valence-electron chi connectivity index (χ4n) is 7.58. The van der Waals surface area contributed by atoms with Crippen molar-refractivity contribution in [3.63, 3.8) is 0 Å². The van der Waals surface area contributed by atoms with E-state index in [2.05, 4.69) is 59.2 Å². The summed E-state index contributed by atoms with van der Waals surface area (Å²) in [6.45, 7) is -2.17. The smallest absolute Gasteiger partial charge is 0.149 e. The number of furan rings is 1. The maximum absolute atomic E-state index is 11.3. The molecule has 0 spiro atoms. The standard InChI is InChI=1S/C49H33N3O2/c1-31-22-24-32(25-23-31)34-26-27-50-41(29-34)35-28-40(47-39-16-7-10-21-45(39)54-46(47)30-35)37-17-11-19-43-48(37)51-49(38-15-6-9-20-44(38)53)52(43)42-18-8-5-14-36(42)33-12-3-2-4-13-33/h2-30,53H,1H3/i1D3. The second kappa shape index (κ2) is 12.8. The van der Waals surface area contributed by atoms with Crippen LogP contribution in [0.15, 0.2) is 180 Å². The van der Waals surface area contributed by atoms with Crippen LogP contribution in [0.4, 0.5) is 0 Å². The quantitative estimate of drug-likeness (QED) is 0.188. The van der Waals surface area contributed by atoms with Gasteiger partial charge in [-0.1, -0.05) is 121 Å². The minimum atomic E-state index is -2.17. The van der Waals surface area contributed by atoms with Gasteiger partial charge in [-0.25, -0.2) is 4.98 Å². The fourth-order valence-corrected chi connectivity index (χ4v) is 7.58. The number of imidazole rings is 1. The largest absolute Gasteiger partial charge is 0.507 e. The molecule has 54 heavy (non-hydrogen) atoms. The van der Waals surface area contributed by atoms with Gasteiger partial charge in [-0.15, -0.1) is 0 Å². The molecule has 3 heterocycles. The average Bonchev–Trinajstić information content (AvgIpc) is 3.82. The van der Waals surface area contributed by atoms with E-state index in [1.54, 1.807) is 24.4 Å². The van der Waals surface area contributed by atoms with Gasteiger partial charge in [-0.3, -0.25) is 9.55 Å². The van der Waals surface area contributed by atoms with Crippen molar-refractivity contribution in [2.75, 3.05) is 0 Å². The highest BCUT2D eigenvalue weighted by Gasteiger charge is 2.24. The summed E-state index contributed by atoms with van der Waals surface area (Å²) in [4.78, 5) is 10.2. The minimum Gasteiger partial charge on any atom is -0.507 e. The van der Waals surface area contributed by atoms with Crippen LogP contribution in [0.3, 0.4) is 0 Å². The van der Waals surface area contributed by atoms with Crippen LogP contribution in [0.5, 0.6) is 5.75 Å². The van der Waals surface area contributed by atoms with Gasteiger partial charge in [0, 0.05) is 37.8 Å². The van der Waals surface area contributed by atoms with Crippen LogP contribution in [-0.2, 0) is 0 Å². The van der Waals surface area contributed by atoms with Gasteiger partial charge < -0.3 is 9.52 Å². The van der Waals surface area contributed by atoms with Crippen LogP contribution in [0.25, 0.3) is 94.7 Å². The number of nitrogens with zero attached hydrogens (tertiary/aromatic N) is 3. The second-order valence-corrected chi connectivity index (χ2v) is 13.3. The Morgan fingerprint density at radius 3 is 2.19 bits per heavy atom. The maximum atomic E-state index is 11.3. The Kier molecular flexibility index (Phi) is 6.70. The van der Waals surface area contributed by atoms with E-state index in [9.17, 15) is 5.11 Å². The minimum absolute atomic E-state index is 0.136. The molecule has 10 aromatic rings. The normalized spacial score (nSPS) is 12.6. The molecule has 3 aromatic heterocycles. The number of hydrogen-bond donors (Lipinski definition) is 1. The molecule has 0 saturated heterocycles. The Balaban J connectivity index is 1.23. The maximum Gasteiger partial charge on any atom is 0.149 e. The molecule has 0 saturated carbocycles. The van der Waals surface area contributed by atoms with E-state index in [4.69, 9.17) is 18.5 Å². The van der Waals surface area contributed by atoms with Gasteiger partial charge >= 0.3 is 0 Å². The van der Waals surface area contributed by atoms with Gasteiger partial charge in [0.05, 0.1) is 28.0 Å². The Bertz CT molecular complexity index is 3130. The molecule has 0 amide bonds. The third-order valence-electron chi connectivity index (χ3n) is 10.1. The third-order valence-corrected chi connectivity index (χ3v) is 10.1. The molecule has 7 aromatic carbocycles. The lowest BCUT2D eigenvalue weighted by molar-refractivity contribution is 0.477. The fraction of sp³-hybridized carbons (Fsp3) is 0.0204. The lowest BCUT2D eigenvalue weighted by atomic mass is 9.94. The number of fused-ring (bicyclic) bond motifs is 4. The number of hydrogen-bond acceptors (Lipinski definition) is 4. The van der Waals surface area contributed by atoms with Crippen molar-refractivity contribution in [3.05, 3.63) is 182 Å². The van der Waals surface area contributed by atoms with Crippen LogP contribution in [0.1, 0.15) is 9.68 Å². The lowest BCUT2D eigenvalue weighted by Crippen LogP contribution is -2.00. The molecule has 0 bridgehead atoms. The molecular weight excluding hydrogens is 663 g/mol. The first-order valence-electron chi connectivity index (χ1n) is 19.3. The van der Waals surface area contributed by atoms with Gasteiger partial charge in [0.2, 0.25) is 0 Å². The zero-order valence-electron chi connectivity index (χ0n) is 31.9. The van der Waals surface area contributed by atoms with E-state index in [1.807, 2.05) is 97.1 Å². The first-order chi connectivity index (χ1) is 27.8. The zero-order chi connectivity index (χ0) is 38.7. The van der Waals surface area contributed by atoms with Crippen LogP contribution in [0.2, 0.25) is 0 Å². The van der Waals surface area contributed by atoms with Crippen molar-refractivity contribution in [1.29, 1.82) is 0 Å². The number of aryl methyl sites for hydroxylation is 1. The van der Waals surface area contributed by atoms with E-state index in [0.29, 0.717) is 22.5 Å². The Labute approximate surface area is 316 Å². The summed E-state index contributed by atoms with van der Waals surface area (Å²) < 4.78 is 32.1. The number of phenols is 1. The first kappa shape index (κ1) is 28.4. The summed E-state index contributed by atoms with van der Waals surface area (Å²) in [6, 6.07) is 55.3. The van der Waals surface area contributed by atoms with E-state index in [1.165, 1.54) is 0 Å². The van der Waals surface area contributed by atoms with Crippen molar-refractivity contribution in [2.24, 2.45) is 0 Å². The van der Waals surface area contributed by atoms with Crippen molar-refractivity contribution in [2.45, 2.75) is 6.85 Å². The number of aromatic hydroxyl groups is 1. The molecule has 0 aliphatic rings. The highest BCUT2D eigenvalue weighted by atomic mass is 16.3. The summed E-state index contributed by atoms with van der Waals surface area (Å²) in [5, 5.41) is 13.2. The SMILES string of the molecule is [2H]C([2H])([2H])c1ccc(-c2ccnc(-c3cc(-c4cccc5c4nc(-c4ccccc4O)n5-c4ccccc4-c4ccccc4)c4c(c3)oc3ccccc34)c2)cc1. The van der Waals surface area contributed by atoms with Gasteiger partial charge in [0.15, 0.2) is 0 Å². The summed E-state index contributed by atoms with van der Waals surface area (Å²) in [5.74, 6) is 0.749. The molecular formula is C49H33N3O2. The molecule has 0 unspecified atom stereocenters. The monoisotopic (exact) mass is 698 g/mol. The number of rotatable bonds is 6. The predicted octanol–water partition coefficient (Wildman–Crippen LogP) is 12.7. The predicted molar refractivity (Wildman–Crippen MR) is 220 cm³/mol. The molecule has 0 fully saturated rings. The highest BCUT2D eigenvalue weighted by Crippen LogP contribution is 2.44. The molecule has 5 nitrogen and oxygen atoms in total. The Hall–Kier alpha value is -7.24. The molecule has 1 N–H and O–H groups in total. The van der Waals surface area contributed by atoms with Crippen LogP contribution in [0, 0.1) is 6.85 Å². The highest BCUT2D eigenvalue weighted by molar-refractivity contribution is 6.16. The van der Waals surface area contributed by atoms with E-state index >= 15 is 0 Å². The van der Waals surface area contributed by atoms with Crippen LogP contribution >= 0.6 is 0 Å². The van der Waals surface area contributed by atoms with Crippen molar-refractivity contribution < 1.29 is 13.6 Å². The lowest BCUT2D eigenvalue weighted by Gasteiger charge is -2.15. The van der Waals surface area contributed by atoms with Crippen molar-refractivity contribution in [1.82, 2.24) is 14.5 Å². The molecule has 256 valence electrons. The molecule has 10 rings (SSSR count). The van der Waals surface area contributed by atoms with E-state index < -0.39 is 6.85 Å². The van der Waals surface area contributed by atoms with Gasteiger partial charge in [-0.2, -0.15) is 0 Å². The molecule has 0 aliphatic carbocycles. The van der Waals surface area contributed by atoms with Crippen LogP contribution < -0.4 is 0 Å². The summed E-state index contributed by atoms with van der Waals surface area (Å²) in [6.07, 6.45) is 1.77. The third kappa shape index (κ3) is 5.25. The van der Waals surface area contributed by atoms with E-state index in [0.717, 1.165) is 77.7 Å². The summed E-state index contributed by atoms with van der Waals surface area (Å²) in [7, 11) is 0. The summed E-state index contributed by atoms with van der Waals surface area (Å²) in [5.41, 5.74) is 12.3. The number of benzene rings is 7. The van der Waals surface area contributed by atoms with Crippen molar-refractivity contribution >= 4 is 33.0 Å². The summed E-state index contributed by atoms with van der Waals surface area (Å²) >= 11 is 0. The first-order valence-corrected chi connectivity index (χ1v) is 17.8. The number of phenolic OH excluding ortho intramolecular Hbond substituents is 1. The topological polar surface area (TPSA) is 64.1 Å². The second-order valence-electron chi connectivity index (χ2n) is 13.3. The zero-order valence-corrected chi connectivity index (χ0v) is 28.9. The average molecular weight is 699 g/mol. The number of pyridine rings is 1.